The average Bonchev–Trinajstić information content (AvgIpc) is 2.08. The molecule has 0 aliphatic carbocycles. The van der Waals surface area contributed by atoms with Crippen LogP contribution in [0.4, 0.5) is 0 Å². The molecule has 0 unspecified atom stereocenters. The van der Waals surface area contributed by atoms with Gasteiger partial charge in [-0.15, -0.1) is 6.58 Å². The molecule has 0 heterocycles. The van der Waals surface area contributed by atoms with Gasteiger partial charge in [-0.3, -0.25) is 0 Å². The van der Waals surface area contributed by atoms with Crippen molar-refractivity contribution in [3.05, 3.63) is 37.5 Å². The second-order valence-electron chi connectivity index (χ2n) is 2.17. The van der Waals surface area contributed by atoms with E-state index in [0.717, 1.165) is 5.57 Å². The molecule has 0 aliphatic heterocycles. The summed E-state index contributed by atoms with van der Waals surface area (Å²) in [4.78, 5) is 0. The highest BCUT2D eigenvalue weighted by Gasteiger charge is 1.62. The van der Waals surface area contributed by atoms with E-state index in [1.807, 2.05) is 6.92 Å². The van der Waals surface area contributed by atoms with Crippen molar-refractivity contribution < 1.29 is 10.2 Å². The molecule has 13 heavy (non-hydrogen) atoms. The third kappa shape index (κ3) is 94.4. The number of aliphatic hydroxyl groups excluding tert-OH is 2. The van der Waals surface area contributed by atoms with Gasteiger partial charge in [0.15, 0.2) is 0 Å². The van der Waals surface area contributed by atoms with E-state index < -0.39 is 0 Å². The summed E-state index contributed by atoms with van der Waals surface area (Å²) in [5.41, 5.74) is 1.02. The normalized spacial score (nSPS) is 6.77. The van der Waals surface area contributed by atoms with Crippen LogP contribution in [0.2, 0.25) is 0 Å². The van der Waals surface area contributed by atoms with Crippen molar-refractivity contribution in [1.82, 2.24) is 0 Å². The zero-order valence-corrected chi connectivity index (χ0v) is 8.79. The van der Waals surface area contributed by atoms with Crippen molar-refractivity contribution in [3.63, 3.8) is 0 Å². The van der Waals surface area contributed by atoms with E-state index in [1.54, 1.807) is 19.1 Å². The summed E-state index contributed by atoms with van der Waals surface area (Å²) in [6.07, 6.45) is 4.11. The quantitative estimate of drug-likeness (QED) is 0.524. The SMILES string of the molecule is C=CC(=C)C.C=CCCO.CCO. The van der Waals surface area contributed by atoms with E-state index >= 15 is 0 Å². The summed E-state index contributed by atoms with van der Waals surface area (Å²) in [5, 5.41) is 15.6. The molecule has 0 atom stereocenters. The van der Waals surface area contributed by atoms with Crippen molar-refractivity contribution in [2.45, 2.75) is 20.3 Å². The lowest BCUT2D eigenvalue weighted by atomic mass is 10.4. The topological polar surface area (TPSA) is 40.5 Å². The van der Waals surface area contributed by atoms with E-state index in [0.29, 0.717) is 6.42 Å². The third-order valence-corrected chi connectivity index (χ3v) is 0.682. The van der Waals surface area contributed by atoms with Crippen molar-refractivity contribution in [1.29, 1.82) is 0 Å². The molecule has 78 valence electrons. The second-order valence-corrected chi connectivity index (χ2v) is 2.17. The zero-order chi connectivity index (χ0) is 11.1. The van der Waals surface area contributed by atoms with Crippen LogP contribution in [0.1, 0.15) is 20.3 Å². The van der Waals surface area contributed by atoms with Crippen LogP contribution in [0.15, 0.2) is 37.5 Å². The monoisotopic (exact) mass is 186 g/mol. The van der Waals surface area contributed by atoms with Gasteiger partial charge in [-0.1, -0.05) is 30.9 Å². The Balaban J connectivity index is -0.000000120. The first-order valence-electron chi connectivity index (χ1n) is 4.21. The summed E-state index contributed by atoms with van der Waals surface area (Å²) in [7, 11) is 0. The van der Waals surface area contributed by atoms with Crippen molar-refractivity contribution >= 4 is 0 Å². The summed E-state index contributed by atoms with van der Waals surface area (Å²) < 4.78 is 0. The Hall–Kier alpha value is -0.860. The molecule has 0 rings (SSSR count). The molecular formula is C11H22O2. The smallest absolute Gasteiger partial charge is 0.0465 e. The highest BCUT2D eigenvalue weighted by molar-refractivity contribution is 5.05. The number of allylic oxidation sites excluding steroid dienone is 2. The Kier molecular flexibility index (Phi) is 31.2. The van der Waals surface area contributed by atoms with E-state index in [2.05, 4.69) is 19.7 Å². The van der Waals surface area contributed by atoms with Gasteiger partial charge < -0.3 is 10.2 Å². The van der Waals surface area contributed by atoms with Crippen molar-refractivity contribution in [2.75, 3.05) is 13.2 Å². The molecule has 0 aromatic rings. The molecule has 0 radical (unpaired) electrons. The molecule has 2 nitrogen and oxygen atoms in total. The van der Waals surface area contributed by atoms with Crippen LogP contribution < -0.4 is 0 Å². The number of rotatable bonds is 3. The van der Waals surface area contributed by atoms with Crippen LogP contribution in [-0.2, 0) is 0 Å². The number of hydrogen-bond donors (Lipinski definition) is 2. The van der Waals surface area contributed by atoms with Crippen LogP contribution in [0.25, 0.3) is 0 Å². The standard InChI is InChI=1S/C5H8.C4H8O.C2H6O/c1-4-5(2)3;1-2-3-4-5;1-2-3/h4H,1-2H2,3H3;2,5H,1,3-4H2;3H,2H2,1H3. The molecule has 0 saturated carbocycles. The molecule has 0 saturated heterocycles. The van der Waals surface area contributed by atoms with Gasteiger partial charge in [0.1, 0.15) is 0 Å². The maximum atomic E-state index is 8.00. The van der Waals surface area contributed by atoms with Gasteiger partial charge in [0, 0.05) is 13.2 Å². The summed E-state index contributed by atoms with van der Waals surface area (Å²) >= 11 is 0. The molecule has 0 bridgehead atoms. The predicted octanol–water partition coefficient (Wildman–Crippen LogP) is 2.30. The molecule has 2 N–H and O–H groups in total. The van der Waals surface area contributed by atoms with Gasteiger partial charge in [0.2, 0.25) is 0 Å². The first-order chi connectivity index (χ1) is 6.10. The van der Waals surface area contributed by atoms with Gasteiger partial charge in [0.05, 0.1) is 0 Å². The first kappa shape index (κ1) is 18.0. The van der Waals surface area contributed by atoms with Crippen LogP contribution in [0.3, 0.4) is 0 Å². The Bertz CT molecular complexity index is 117. The highest BCUT2D eigenvalue weighted by atomic mass is 16.3. The first-order valence-corrected chi connectivity index (χ1v) is 4.21. The minimum Gasteiger partial charge on any atom is -0.397 e. The fourth-order valence-corrected chi connectivity index (χ4v) is 0.0913. The third-order valence-electron chi connectivity index (χ3n) is 0.682. The van der Waals surface area contributed by atoms with Crippen LogP contribution in [-0.4, -0.2) is 23.4 Å². The van der Waals surface area contributed by atoms with E-state index in [1.165, 1.54) is 0 Å². The van der Waals surface area contributed by atoms with E-state index in [9.17, 15) is 0 Å². The van der Waals surface area contributed by atoms with Gasteiger partial charge in [-0.25, -0.2) is 0 Å². The maximum absolute atomic E-state index is 8.00. The Morgan fingerprint density at radius 1 is 1.31 bits per heavy atom. The number of hydrogen-bond acceptors (Lipinski definition) is 2. The van der Waals surface area contributed by atoms with Crippen molar-refractivity contribution in [2.24, 2.45) is 0 Å². The average molecular weight is 186 g/mol. The molecule has 0 amide bonds. The summed E-state index contributed by atoms with van der Waals surface area (Å²) in [6, 6.07) is 0. The van der Waals surface area contributed by atoms with E-state index in [-0.39, 0.29) is 13.2 Å². The lowest BCUT2D eigenvalue weighted by molar-refractivity contribution is 0.303. The Labute approximate surface area is 81.9 Å². The zero-order valence-electron chi connectivity index (χ0n) is 8.79. The highest BCUT2D eigenvalue weighted by Crippen LogP contribution is 1.81. The molecule has 2 heteroatoms. The lowest BCUT2D eigenvalue weighted by Gasteiger charge is -1.73. The van der Waals surface area contributed by atoms with Gasteiger partial charge in [-0.05, 0) is 20.3 Å². The minimum absolute atomic E-state index is 0.226. The van der Waals surface area contributed by atoms with Gasteiger partial charge >= 0.3 is 0 Å². The fourth-order valence-electron chi connectivity index (χ4n) is 0.0913. The molecule has 0 spiro atoms. The number of aliphatic hydroxyl groups is 2. The molecule has 0 aromatic heterocycles. The summed E-state index contributed by atoms with van der Waals surface area (Å²) in [5.74, 6) is 0. The summed E-state index contributed by atoms with van der Waals surface area (Å²) in [6.45, 7) is 14.5. The maximum Gasteiger partial charge on any atom is 0.0465 e. The molecule has 0 aromatic carbocycles. The molecular weight excluding hydrogens is 164 g/mol. The molecule has 0 aliphatic rings. The van der Waals surface area contributed by atoms with Gasteiger partial charge in [-0.2, -0.15) is 0 Å². The van der Waals surface area contributed by atoms with Crippen LogP contribution in [0, 0.1) is 0 Å². The van der Waals surface area contributed by atoms with Crippen molar-refractivity contribution in [3.8, 4) is 0 Å². The largest absolute Gasteiger partial charge is 0.397 e. The minimum atomic E-state index is 0.226. The Morgan fingerprint density at radius 2 is 1.62 bits per heavy atom. The van der Waals surface area contributed by atoms with Gasteiger partial charge in [0.25, 0.3) is 0 Å². The Morgan fingerprint density at radius 3 is 1.62 bits per heavy atom. The van der Waals surface area contributed by atoms with Crippen LogP contribution in [0.5, 0.6) is 0 Å². The van der Waals surface area contributed by atoms with Crippen LogP contribution >= 0.6 is 0 Å². The fraction of sp³-hybridized carbons (Fsp3) is 0.455. The van der Waals surface area contributed by atoms with E-state index in [4.69, 9.17) is 10.2 Å². The lowest BCUT2D eigenvalue weighted by Crippen LogP contribution is -1.71. The second kappa shape index (κ2) is 22.5. The predicted molar refractivity (Wildman–Crippen MR) is 59.7 cm³/mol. The molecule has 0 fully saturated rings.